The molecule has 0 aliphatic carbocycles. The molecule has 1 heterocycles. The molecule has 0 bridgehead atoms. The molecular formula is C15H17N3O4S2. The Morgan fingerprint density at radius 3 is 2.54 bits per heavy atom. The van der Waals surface area contributed by atoms with Crippen LogP contribution in [0.1, 0.15) is 29.5 Å². The normalized spacial score (nSPS) is 11.9. The van der Waals surface area contributed by atoms with Gasteiger partial charge in [-0.1, -0.05) is 41.3 Å². The minimum absolute atomic E-state index is 0.0603. The van der Waals surface area contributed by atoms with Crippen molar-refractivity contribution >= 4 is 32.5 Å². The second-order valence-electron chi connectivity index (χ2n) is 5.12. The standard InChI is InChI=1S/C15H17N3O4S2/c1-3-4-11-5-7-12(8-6-11)24(21,22)18-17-15-16-13(9-14(19)20)10(2)23-15/h5-8H,3-4,9H2,1-2H3,(H,19,20). The van der Waals surface area contributed by atoms with Crippen LogP contribution in [0, 0.1) is 6.92 Å². The van der Waals surface area contributed by atoms with E-state index in [-0.39, 0.29) is 16.4 Å². The van der Waals surface area contributed by atoms with Crippen LogP contribution in [0.15, 0.2) is 38.8 Å². The summed E-state index contributed by atoms with van der Waals surface area (Å²) in [6.45, 7) is 3.75. The summed E-state index contributed by atoms with van der Waals surface area (Å²) in [7, 11) is -3.91. The molecular weight excluding hydrogens is 350 g/mol. The lowest BCUT2D eigenvalue weighted by Crippen LogP contribution is -2.01. The Bertz CT molecular complexity index is 855. The molecule has 0 radical (unpaired) electrons. The average molecular weight is 367 g/mol. The van der Waals surface area contributed by atoms with Crippen LogP contribution in [-0.2, 0) is 27.7 Å². The highest BCUT2D eigenvalue weighted by Crippen LogP contribution is 2.26. The van der Waals surface area contributed by atoms with Gasteiger partial charge in [0.25, 0.3) is 10.0 Å². The van der Waals surface area contributed by atoms with E-state index in [0.29, 0.717) is 10.6 Å². The molecule has 0 saturated carbocycles. The highest BCUT2D eigenvalue weighted by Gasteiger charge is 2.15. The van der Waals surface area contributed by atoms with E-state index in [0.717, 1.165) is 29.7 Å². The van der Waals surface area contributed by atoms with E-state index in [9.17, 15) is 13.2 Å². The van der Waals surface area contributed by atoms with Crippen molar-refractivity contribution in [1.82, 2.24) is 4.98 Å². The van der Waals surface area contributed by atoms with Gasteiger partial charge in [0.05, 0.1) is 17.0 Å². The van der Waals surface area contributed by atoms with E-state index >= 15 is 0 Å². The summed E-state index contributed by atoms with van der Waals surface area (Å²) in [6.07, 6.45) is 1.63. The van der Waals surface area contributed by atoms with Gasteiger partial charge in [-0.15, -0.1) is 5.11 Å². The largest absolute Gasteiger partial charge is 0.481 e. The number of aromatic nitrogens is 1. The summed E-state index contributed by atoms with van der Waals surface area (Å²) in [5.74, 6) is -1.01. The van der Waals surface area contributed by atoms with Gasteiger partial charge in [-0.05, 0) is 31.0 Å². The third-order valence-electron chi connectivity index (χ3n) is 3.19. The van der Waals surface area contributed by atoms with Crippen molar-refractivity contribution in [3.63, 3.8) is 0 Å². The number of rotatable bonds is 7. The molecule has 2 rings (SSSR count). The number of aliphatic carboxylic acids is 1. The minimum atomic E-state index is -3.91. The zero-order chi connectivity index (χ0) is 17.7. The molecule has 0 saturated heterocycles. The van der Waals surface area contributed by atoms with E-state index in [1.165, 1.54) is 12.1 Å². The van der Waals surface area contributed by atoms with Crippen LogP contribution < -0.4 is 0 Å². The van der Waals surface area contributed by atoms with Gasteiger partial charge in [0.2, 0.25) is 5.13 Å². The molecule has 24 heavy (non-hydrogen) atoms. The average Bonchev–Trinajstić information content (AvgIpc) is 2.86. The van der Waals surface area contributed by atoms with E-state index in [1.54, 1.807) is 19.1 Å². The molecule has 0 fully saturated rings. The predicted octanol–water partition coefficient (Wildman–Crippen LogP) is 3.50. The molecule has 7 nitrogen and oxygen atoms in total. The molecule has 0 atom stereocenters. The molecule has 0 unspecified atom stereocenters. The molecule has 0 amide bonds. The summed E-state index contributed by atoms with van der Waals surface area (Å²) in [4.78, 5) is 15.5. The molecule has 0 aliphatic rings. The Labute approximate surface area is 144 Å². The van der Waals surface area contributed by atoms with Crippen LogP contribution in [0.2, 0.25) is 0 Å². The van der Waals surface area contributed by atoms with E-state index in [4.69, 9.17) is 5.11 Å². The van der Waals surface area contributed by atoms with Crippen molar-refractivity contribution in [1.29, 1.82) is 0 Å². The van der Waals surface area contributed by atoms with Crippen molar-refractivity contribution in [2.75, 3.05) is 0 Å². The molecule has 1 aromatic heterocycles. The van der Waals surface area contributed by atoms with Crippen molar-refractivity contribution in [3.8, 4) is 0 Å². The van der Waals surface area contributed by atoms with Gasteiger partial charge in [-0.25, -0.2) is 4.98 Å². The van der Waals surface area contributed by atoms with Crippen LogP contribution >= 0.6 is 11.3 Å². The molecule has 1 N–H and O–H groups in total. The maximum atomic E-state index is 12.2. The van der Waals surface area contributed by atoms with Gasteiger partial charge in [0.15, 0.2) is 0 Å². The number of hydrogen-bond donors (Lipinski definition) is 1. The van der Waals surface area contributed by atoms with Gasteiger partial charge in [-0.3, -0.25) is 4.79 Å². The van der Waals surface area contributed by atoms with Crippen LogP contribution in [0.4, 0.5) is 5.13 Å². The second-order valence-corrected chi connectivity index (χ2v) is 7.89. The predicted molar refractivity (Wildman–Crippen MR) is 90.3 cm³/mol. The highest BCUT2D eigenvalue weighted by atomic mass is 32.2. The van der Waals surface area contributed by atoms with Crippen molar-refractivity contribution in [2.24, 2.45) is 9.63 Å². The monoisotopic (exact) mass is 367 g/mol. The van der Waals surface area contributed by atoms with Crippen molar-refractivity contribution in [3.05, 3.63) is 40.4 Å². The first-order valence-electron chi connectivity index (χ1n) is 7.27. The van der Waals surface area contributed by atoms with Crippen LogP contribution in [0.5, 0.6) is 0 Å². The number of carbonyl (C=O) groups is 1. The quantitative estimate of drug-likeness (QED) is 0.753. The number of nitrogens with zero attached hydrogens (tertiary/aromatic N) is 3. The number of aryl methyl sites for hydroxylation is 2. The first-order valence-corrected chi connectivity index (χ1v) is 9.52. The Morgan fingerprint density at radius 2 is 1.96 bits per heavy atom. The van der Waals surface area contributed by atoms with Gasteiger partial charge in [0.1, 0.15) is 0 Å². The number of sulfonamides is 1. The Balaban J connectivity index is 2.19. The third-order valence-corrected chi connectivity index (χ3v) is 5.26. The molecule has 9 heteroatoms. The number of carboxylic acids is 1. The summed E-state index contributed by atoms with van der Waals surface area (Å²) in [5.41, 5.74) is 1.42. The number of thiazole rings is 1. The molecule has 1 aromatic carbocycles. The summed E-state index contributed by atoms with van der Waals surface area (Å²) in [5, 5.41) is 12.6. The fraction of sp³-hybridized carbons (Fsp3) is 0.333. The minimum Gasteiger partial charge on any atom is -0.481 e. The fourth-order valence-electron chi connectivity index (χ4n) is 2.02. The Hall–Kier alpha value is -2.13. The van der Waals surface area contributed by atoms with E-state index in [2.05, 4.69) is 14.6 Å². The molecule has 2 aromatic rings. The topological polar surface area (TPSA) is 109 Å². The van der Waals surface area contributed by atoms with Crippen LogP contribution in [0.3, 0.4) is 0 Å². The van der Waals surface area contributed by atoms with Gasteiger partial charge in [-0.2, -0.15) is 8.42 Å². The molecule has 0 aliphatic heterocycles. The zero-order valence-electron chi connectivity index (χ0n) is 13.3. The number of benzene rings is 1. The molecule has 0 spiro atoms. The summed E-state index contributed by atoms with van der Waals surface area (Å²) in [6, 6.07) is 6.51. The Morgan fingerprint density at radius 1 is 1.29 bits per heavy atom. The van der Waals surface area contributed by atoms with Crippen LogP contribution in [0.25, 0.3) is 0 Å². The highest BCUT2D eigenvalue weighted by molar-refractivity contribution is 7.90. The molecule has 128 valence electrons. The van der Waals surface area contributed by atoms with Crippen molar-refractivity contribution in [2.45, 2.75) is 38.0 Å². The summed E-state index contributed by atoms with van der Waals surface area (Å²) < 4.78 is 27.7. The zero-order valence-corrected chi connectivity index (χ0v) is 14.9. The lowest BCUT2D eigenvalue weighted by molar-refractivity contribution is -0.136. The van der Waals surface area contributed by atoms with Gasteiger partial charge in [0, 0.05) is 4.88 Å². The van der Waals surface area contributed by atoms with E-state index in [1.807, 2.05) is 6.92 Å². The number of carboxylic acid groups (broad SMARTS) is 1. The fourth-order valence-corrected chi connectivity index (χ4v) is 3.57. The third kappa shape index (κ3) is 4.68. The lowest BCUT2D eigenvalue weighted by atomic mass is 10.1. The van der Waals surface area contributed by atoms with Gasteiger partial charge < -0.3 is 5.11 Å². The van der Waals surface area contributed by atoms with E-state index < -0.39 is 16.0 Å². The SMILES string of the molecule is CCCc1ccc(S(=O)(=O)N=Nc2nc(CC(=O)O)c(C)s2)cc1. The first-order chi connectivity index (χ1) is 11.3. The summed E-state index contributed by atoms with van der Waals surface area (Å²) >= 11 is 1.10. The van der Waals surface area contributed by atoms with Gasteiger partial charge >= 0.3 is 5.97 Å². The first kappa shape index (κ1) is 18.2. The lowest BCUT2D eigenvalue weighted by Gasteiger charge is -2.00. The van der Waals surface area contributed by atoms with Crippen molar-refractivity contribution < 1.29 is 18.3 Å². The Kier molecular flexibility index (Phi) is 5.79. The maximum absolute atomic E-state index is 12.2. The maximum Gasteiger partial charge on any atom is 0.309 e. The number of hydrogen-bond acceptors (Lipinski definition) is 6. The smallest absolute Gasteiger partial charge is 0.309 e. The second kappa shape index (κ2) is 7.63. The van der Waals surface area contributed by atoms with Crippen LogP contribution in [-0.4, -0.2) is 24.5 Å².